The van der Waals surface area contributed by atoms with Gasteiger partial charge in [0, 0.05) is 11.0 Å². The van der Waals surface area contributed by atoms with Gasteiger partial charge in [0.15, 0.2) is 0 Å². The van der Waals surface area contributed by atoms with E-state index in [0.29, 0.717) is 0 Å². The molecule has 1 atom stereocenters. The van der Waals surface area contributed by atoms with Crippen molar-refractivity contribution in [3.63, 3.8) is 0 Å². The lowest BCUT2D eigenvalue weighted by Gasteiger charge is -2.27. The van der Waals surface area contributed by atoms with Crippen LogP contribution in [0.1, 0.15) is 45.4 Å². The molecular formula is C11H20S. The first-order valence-electron chi connectivity index (χ1n) is 5.51. The van der Waals surface area contributed by atoms with E-state index < -0.39 is 0 Å². The molecule has 70 valence electrons. The molecule has 2 rings (SSSR count). The molecular weight excluding hydrogens is 164 g/mol. The lowest BCUT2D eigenvalue weighted by molar-refractivity contribution is 0.268. The minimum absolute atomic E-state index is 1.09. The fourth-order valence-corrected chi connectivity index (χ4v) is 3.51. The van der Waals surface area contributed by atoms with Gasteiger partial charge in [-0.1, -0.05) is 32.6 Å². The Morgan fingerprint density at radius 1 is 1.17 bits per heavy atom. The molecule has 0 amide bonds. The number of hydrogen-bond acceptors (Lipinski definition) is 1. The molecule has 0 aromatic carbocycles. The maximum Gasteiger partial charge on any atom is 0.0166 e. The Labute approximate surface area is 80.5 Å². The maximum absolute atomic E-state index is 2.32. The van der Waals surface area contributed by atoms with Crippen LogP contribution < -0.4 is 0 Å². The second-order valence-electron chi connectivity index (χ2n) is 4.44. The average molecular weight is 184 g/mol. The first-order chi connectivity index (χ1) is 5.90. The summed E-state index contributed by atoms with van der Waals surface area (Å²) in [4.78, 5) is 0. The highest BCUT2D eigenvalue weighted by Crippen LogP contribution is 2.45. The zero-order valence-corrected chi connectivity index (χ0v) is 8.91. The Morgan fingerprint density at radius 3 is 2.33 bits per heavy atom. The molecule has 0 aromatic heterocycles. The normalized spacial score (nSPS) is 41.2. The highest BCUT2D eigenvalue weighted by atomic mass is 32.2. The molecule has 0 bridgehead atoms. The molecule has 1 saturated carbocycles. The van der Waals surface area contributed by atoms with Crippen LogP contribution >= 0.6 is 11.8 Å². The van der Waals surface area contributed by atoms with Crippen LogP contribution in [0, 0.1) is 11.8 Å². The predicted molar refractivity (Wildman–Crippen MR) is 56.6 cm³/mol. The van der Waals surface area contributed by atoms with E-state index in [9.17, 15) is 0 Å². The lowest BCUT2D eigenvalue weighted by atomic mass is 9.79. The summed E-state index contributed by atoms with van der Waals surface area (Å²) in [6, 6.07) is 0. The summed E-state index contributed by atoms with van der Waals surface area (Å²) < 4.78 is 0. The van der Waals surface area contributed by atoms with Gasteiger partial charge in [-0.05, 0) is 24.7 Å². The largest absolute Gasteiger partial charge is 0.156 e. The Hall–Kier alpha value is 0.350. The minimum Gasteiger partial charge on any atom is -0.156 e. The topological polar surface area (TPSA) is 0 Å². The van der Waals surface area contributed by atoms with E-state index in [1.54, 1.807) is 12.8 Å². The Kier molecular flexibility index (Phi) is 3.00. The monoisotopic (exact) mass is 184 g/mol. The van der Waals surface area contributed by atoms with Crippen LogP contribution in [0.25, 0.3) is 0 Å². The molecule has 0 nitrogen and oxygen atoms in total. The second kappa shape index (κ2) is 4.04. The number of rotatable bonds is 3. The molecule has 0 N–H and O–H groups in total. The summed E-state index contributed by atoms with van der Waals surface area (Å²) >= 11 is 2.19. The van der Waals surface area contributed by atoms with E-state index in [4.69, 9.17) is 0 Å². The summed E-state index contributed by atoms with van der Waals surface area (Å²) in [5.74, 6) is 3.68. The molecule has 0 spiro atoms. The van der Waals surface area contributed by atoms with Crippen LogP contribution in [-0.4, -0.2) is 11.0 Å². The van der Waals surface area contributed by atoms with Crippen molar-refractivity contribution < 1.29 is 0 Å². The van der Waals surface area contributed by atoms with Gasteiger partial charge in [-0.3, -0.25) is 0 Å². The van der Waals surface area contributed by atoms with Crippen LogP contribution in [-0.2, 0) is 0 Å². The van der Waals surface area contributed by atoms with Crippen molar-refractivity contribution in [2.24, 2.45) is 11.8 Å². The third-order valence-electron chi connectivity index (χ3n) is 3.47. The molecule has 1 heterocycles. The summed E-state index contributed by atoms with van der Waals surface area (Å²) in [6.07, 6.45) is 9.05. The van der Waals surface area contributed by atoms with Gasteiger partial charge in [-0.2, -0.15) is 11.8 Å². The van der Waals surface area contributed by atoms with Crippen LogP contribution in [0.5, 0.6) is 0 Å². The first-order valence-corrected chi connectivity index (χ1v) is 6.56. The van der Waals surface area contributed by atoms with Crippen molar-refractivity contribution in [3.05, 3.63) is 0 Å². The highest BCUT2D eigenvalue weighted by Gasteiger charge is 2.34. The summed E-state index contributed by atoms with van der Waals surface area (Å²) in [7, 11) is 0. The summed E-state index contributed by atoms with van der Waals surface area (Å²) in [6.45, 7) is 2.32. The fourth-order valence-electron chi connectivity index (χ4n) is 2.58. The maximum atomic E-state index is 2.32. The zero-order valence-electron chi connectivity index (χ0n) is 8.09. The van der Waals surface area contributed by atoms with E-state index >= 15 is 0 Å². The SMILES string of the molecule is CCCC1CCC(C2CS2)CC1. The molecule has 1 aliphatic carbocycles. The van der Waals surface area contributed by atoms with Crippen molar-refractivity contribution in [2.75, 3.05) is 5.75 Å². The van der Waals surface area contributed by atoms with Gasteiger partial charge < -0.3 is 0 Å². The molecule has 1 saturated heterocycles. The molecule has 2 fully saturated rings. The molecule has 0 aromatic rings. The van der Waals surface area contributed by atoms with Crippen molar-refractivity contribution in [3.8, 4) is 0 Å². The Balaban J connectivity index is 1.69. The Morgan fingerprint density at radius 2 is 1.83 bits per heavy atom. The zero-order chi connectivity index (χ0) is 8.39. The van der Waals surface area contributed by atoms with Crippen LogP contribution in [0.2, 0.25) is 0 Å². The third-order valence-corrected chi connectivity index (χ3v) is 4.58. The third kappa shape index (κ3) is 2.18. The van der Waals surface area contributed by atoms with E-state index in [1.807, 2.05) is 0 Å². The molecule has 0 radical (unpaired) electrons. The summed E-state index contributed by atoms with van der Waals surface area (Å²) in [5.41, 5.74) is 0. The molecule has 1 unspecified atom stereocenters. The van der Waals surface area contributed by atoms with Gasteiger partial charge in [-0.25, -0.2) is 0 Å². The van der Waals surface area contributed by atoms with E-state index in [-0.39, 0.29) is 0 Å². The van der Waals surface area contributed by atoms with Crippen molar-refractivity contribution in [1.82, 2.24) is 0 Å². The van der Waals surface area contributed by atoms with E-state index in [2.05, 4.69) is 18.7 Å². The molecule has 2 aliphatic rings. The van der Waals surface area contributed by atoms with Gasteiger partial charge in [0.2, 0.25) is 0 Å². The van der Waals surface area contributed by atoms with Crippen molar-refractivity contribution in [2.45, 2.75) is 50.7 Å². The van der Waals surface area contributed by atoms with Gasteiger partial charge in [0.05, 0.1) is 0 Å². The lowest BCUT2D eigenvalue weighted by Crippen LogP contribution is -2.17. The van der Waals surface area contributed by atoms with Crippen LogP contribution in [0.4, 0.5) is 0 Å². The standard InChI is InChI=1S/C11H20S/c1-2-3-9-4-6-10(7-5-9)11-8-12-11/h9-11H,2-8H2,1H3. The van der Waals surface area contributed by atoms with Crippen molar-refractivity contribution in [1.29, 1.82) is 0 Å². The predicted octanol–water partition coefficient (Wildman–Crippen LogP) is 3.71. The van der Waals surface area contributed by atoms with E-state index in [1.165, 1.54) is 31.4 Å². The molecule has 1 aliphatic heterocycles. The van der Waals surface area contributed by atoms with Gasteiger partial charge >= 0.3 is 0 Å². The smallest absolute Gasteiger partial charge is 0.0166 e. The second-order valence-corrected chi connectivity index (χ2v) is 5.71. The molecule has 12 heavy (non-hydrogen) atoms. The van der Waals surface area contributed by atoms with E-state index in [0.717, 1.165) is 17.1 Å². The van der Waals surface area contributed by atoms with Gasteiger partial charge in [0.25, 0.3) is 0 Å². The van der Waals surface area contributed by atoms with Gasteiger partial charge in [0.1, 0.15) is 0 Å². The molecule has 1 heteroatoms. The quantitative estimate of drug-likeness (QED) is 0.603. The van der Waals surface area contributed by atoms with Crippen LogP contribution in [0.3, 0.4) is 0 Å². The van der Waals surface area contributed by atoms with Crippen molar-refractivity contribution >= 4 is 11.8 Å². The van der Waals surface area contributed by atoms with Gasteiger partial charge in [-0.15, -0.1) is 0 Å². The summed E-state index contributed by atoms with van der Waals surface area (Å²) in [5, 5.41) is 1.09. The fraction of sp³-hybridized carbons (Fsp3) is 1.00. The number of hydrogen-bond donors (Lipinski definition) is 0. The highest BCUT2D eigenvalue weighted by molar-refractivity contribution is 8.06. The Bertz CT molecular complexity index is 132. The van der Waals surface area contributed by atoms with Crippen LogP contribution in [0.15, 0.2) is 0 Å². The number of thioether (sulfide) groups is 1. The average Bonchev–Trinajstić information content (AvgIpc) is 2.89. The first kappa shape index (κ1) is 8.93. The minimum atomic E-state index is 1.09.